The number of allylic oxidation sites excluding steroid dienone is 1. The Morgan fingerprint density at radius 1 is 1.31 bits per heavy atom. The van der Waals surface area contributed by atoms with Gasteiger partial charge in [0.15, 0.2) is 5.76 Å². The number of anilines is 1. The molecule has 2 heterocycles. The minimum absolute atomic E-state index is 0.0433. The Balaban J connectivity index is 1.92. The van der Waals surface area contributed by atoms with Crippen LogP contribution in [0.1, 0.15) is 31.2 Å². The summed E-state index contributed by atoms with van der Waals surface area (Å²) in [5, 5.41) is 12.8. The highest BCUT2D eigenvalue weighted by Gasteiger charge is 2.37. The van der Waals surface area contributed by atoms with Crippen LogP contribution in [0.25, 0.3) is 0 Å². The van der Waals surface area contributed by atoms with Crippen LogP contribution >= 0.6 is 11.6 Å². The van der Waals surface area contributed by atoms with E-state index in [-0.39, 0.29) is 30.1 Å². The lowest BCUT2D eigenvalue weighted by atomic mass is 9.80. The summed E-state index contributed by atoms with van der Waals surface area (Å²) >= 11 is 6.05. The van der Waals surface area contributed by atoms with Crippen LogP contribution in [-0.4, -0.2) is 35.5 Å². The Morgan fingerprint density at radius 3 is 2.76 bits per heavy atom. The Hall–Kier alpha value is -2.41. The normalized spacial score (nSPS) is 21.2. The molecule has 154 valence electrons. The predicted molar refractivity (Wildman–Crippen MR) is 111 cm³/mol. The summed E-state index contributed by atoms with van der Waals surface area (Å²) in [6.07, 6.45) is 5.76. The lowest BCUT2D eigenvalue weighted by Crippen LogP contribution is -2.37. The molecular formula is C22H25ClN2O4. The average Bonchev–Trinajstić information content (AvgIpc) is 2.74. The zero-order valence-corrected chi connectivity index (χ0v) is 17.0. The van der Waals surface area contributed by atoms with Gasteiger partial charge in [0.2, 0.25) is 6.29 Å². The molecule has 0 bridgehead atoms. The van der Waals surface area contributed by atoms with Crippen molar-refractivity contribution in [1.29, 1.82) is 0 Å². The van der Waals surface area contributed by atoms with E-state index in [1.54, 1.807) is 24.5 Å². The first kappa shape index (κ1) is 21.3. The van der Waals surface area contributed by atoms with Crippen LogP contribution in [0.15, 0.2) is 60.6 Å². The molecule has 0 fully saturated rings. The van der Waals surface area contributed by atoms with Gasteiger partial charge in [-0.15, -0.1) is 0 Å². The maximum Gasteiger partial charge on any atom is 0.290 e. The van der Waals surface area contributed by atoms with E-state index in [9.17, 15) is 9.90 Å². The molecule has 7 heteroatoms. The van der Waals surface area contributed by atoms with Crippen LogP contribution in [0.2, 0.25) is 5.02 Å². The minimum atomic E-state index is -0.591. The Morgan fingerprint density at radius 2 is 2.10 bits per heavy atom. The van der Waals surface area contributed by atoms with Crippen LogP contribution in [0, 0.1) is 5.92 Å². The Labute approximate surface area is 175 Å². The van der Waals surface area contributed by atoms with Gasteiger partial charge in [0.1, 0.15) is 0 Å². The van der Waals surface area contributed by atoms with Gasteiger partial charge in [-0.1, -0.05) is 23.7 Å². The quantitative estimate of drug-likeness (QED) is 0.676. The molecule has 1 aromatic heterocycles. The first-order valence-corrected chi connectivity index (χ1v) is 10.1. The van der Waals surface area contributed by atoms with E-state index in [0.717, 1.165) is 5.56 Å². The number of carbonyl (C=O) groups is 1. The number of aliphatic hydroxyl groups is 1. The standard InChI is InChI=1S/C22H25ClN2O4/c1-2-28-22-18(6-4-12-26)19(15-7-9-16(23)10-8-15)13-20(29-22)21(27)25-17-5-3-11-24-14-17/h3,5,7-11,13-14,18-19,22,26H,2,4,6,12H2,1H3,(H,25,27)/t18-,19-,22-/m0/s1. The third-order valence-electron chi connectivity index (χ3n) is 4.81. The highest BCUT2D eigenvalue weighted by molar-refractivity contribution is 6.30. The Kier molecular flexibility index (Phi) is 7.63. The first-order valence-electron chi connectivity index (χ1n) is 9.70. The second kappa shape index (κ2) is 10.4. The molecule has 2 aromatic rings. The number of rotatable bonds is 8. The van der Waals surface area contributed by atoms with Crippen molar-refractivity contribution in [3.8, 4) is 0 Å². The second-order valence-electron chi connectivity index (χ2n) is 6.78. The van der Waals surface area contributed by atoms with Crippen molar-refractivity contribution in [2.45, 2.75) is 32.0 Å². The van der Waals surface area contributed by atoms with Gasteiger partial charge in [-0.2, -0.15) is 0 Å². The lowest BCUT2D eigenvalue weighted by Gasteiger charge is -2.37. The molecule has 0 saturated heterocycles. The van der Waals surface area contributed by atoms with Crippen LogP contribution in [0.4, 0.5) is 5.69 Å². The number of benzene rings is 1. The van der Waals surface area contributed by atoms with Gasteiger partial charge in [-0.05, 0) is 55.7 Å². The fourth-order valence-electron chi connectivity index (χ4n) is 3.46. The Bertz CT molecular complexity index is 826. The lowest BCUT2D eigenvalue weighted by molar-refractivity contribution is -0.165. The monoisotopic (exact) mass is 416 g/mol. The van der Waals surface area contributed by atoms with E-state index in [2.05, 4.69) is 10.3 Å². The molecule has 0 unspecified atom stereocenters. The molecule has 1 aliphatic rings. The van der Waals surface area contributed by atoms with E-state index in [4.69, 9.17) is 21.1 Å². The van der Waals surface area contributed by atoms with Crippen molar-refractivity contribution >= 4 is 23.2 Å². The minimum Gasteiger partial charge on any atom is -0.459 e. The van der Waals surface area contributed by atoms with Crippen molar-refractivity contribution in [1.82, 2.24) is 4.98 Å². The van der Waals surface area contributed by atoms with Crippen molar-refractivity contribution < 1.29 is 19.4 Å². The van der Waals surface area contributed by atoms with Crippen molar-refractivity contribution in [3.63, 3.8) is 0 Å². The van der Waals surface area contributed by atoms with Crippen LogP contribution < -0.4 is 5.32 Å². The van der Waals surface area contributed by atoms with Crippen LogP contribution in [-0.2, 0) is 14.3 Å². The van der Waals surface area contributed by atoms with E-state index in [0.29, 0.717) is 30.2 Å². The zero-order valence-electron chi connectivity index (χ0n) is 16.3. The summed E-state index contributed by atoms with van der Waals surface area (Å²) in [5.74, 6) is -0.313. The predicted octanol–water partition coefficient (Wildman–Crippen LogP) is 4.12. The van der Waals surface area contributed by atoms with Gasteiger partial charge in [0, 0.05) is 36.3 Å². The fraction of sp³-hybridized carbons (Fsp3) is 0.364. The van der Waals surface area contributed by atoms with E-state index < -0.39 is 6.29 Å². The van der Waals surface area contributed by atoms with E-state index >= 15 is 0 Å². The molecule has 3 rings (SSSR count). The number of aromatic nitrogens is 1. The second-order valence-corrected chi connectivity index (χ2v) is 7.21. The molecular weight excluding hydrogens is 392 g/mol. The smallest absolute Gasteiger partial charge is 0.290 e. The van der Waals surface area contributed by atoms with Crippen molar-refractivity contribution in [2.75, 3.05) is 18.5 Å². The number of nitrogens with zero attached hydrogens (tertiary/aromatic N) is 1. The van der Waals surface area contributed by atoms with Crippen molar-refractivity contribution in [2.24, 2.45) is 5.92 Å². The molecule has 0 saturated carbocycles. The summed E-state index contributed by atoms with van der Waals surface area (Å²) in [6.45, 7) is 2.42. The fourth-order valence-corrected chi connectivity index (χ4v) is 3.59. The van der Waals surface area contributed by atoms with Crippen LogP contribution in [0.3, 0.4) is 0 Å². The van der Waals surface area contributed by atoms with Crippen molar-refractivity contribution in [3.05, 3.63) is 71.2 Å². The van der Waals surface area contributed by atoms with E-state index in [1.807, 2.05) is 37.3 Å². The molecule has 6 nitrogen and oxygen atoms in total. The number of pyridine rings is 1. The van der Waals surface area contributed by atoms with Gasteiger partial charge >= 0.3 is 0 Å². The summed E-state index contributed by atoms with van der Waals surface area (Å²) in [5.41, 5.74) is 1.59. The third-order valence-corrected chi connectivity index (χ3v) is 5.06. The number of hydrogen-bond donors (Lipinski definition) is 2. The number of nitrogens with one attached hydrogen (secondary N) is 1. The molecule has 1 aliphatic heterocycles. The largest absolute Gasteiger partial charge is 0.459 e. The summed E-state index contributed by atoms with van der Waals surface area (Å²) in [6, 6.07) is 11.1. The third kappa shape index (κ3) is 5.56. The topological polar surface area (TPSA) is 80.7 Å². The highest BCUT2D eigenvalue weighted by atomic mass is 35.5. The SMILES string of the molecule is CCO[C@H]1OC(C(=O)Nc2cccnc2)=C[C@@H](c2ccc(Cl)cc2)[C@@H]1CCCO. The maximum atomic E-state index is 12.8. The molecule has 0 radical (unpaired) electrons. The number of aliphatic hydroxyl groups excluding tert-OH is 1. The van der Waals surface area contributed by atoms with Gasteiger partial charge in [-0.25, -0.2) is 0 Å². The molecule has 0 spiro atoms. The number of hydrogen-bond acceptors (Lipinski definition) is 5. The first-order chi connectivity index (χ1) is 14.1. The molecule has 3 atom stereocenters. The van der Waals surface area contributed by atoms with Crippen LogP contribution in [0.5, 0.6) is 0 Å². The average molecular weight is 417 g/mol. The molecule has 2 N–H and O–H groups in total. The van der Waals surface area contributed by atoms with E-state index in [1.165, 1.54) is 0 Å². The molecule has 1 amide bonds. The molecule has 29 heavy (non-hydrogen) atoms. The number of halogens is 1. The summed E-state index contributed by atoms with van der Waals surface area (Å²) < 4.78 is 11.8. The summed E-state index contributed by atoms with van der Waals surface area (Å²) in [4.78, 5) is 16.8. The highest BCUT2D eigenvalue weighted by Crippen LogP contribution is 2.39. The molecule has 0 aliphatic carbocycles. The number of ether oxygens (including phenoxy) is 2. The van der Waals surface area contributed by atoms with Gasteiger partial charge in [-0.3, -0.25) is 9.78 Å². The summed E-state index contributed by atoms with van der Waals surface area (Å²) in [7, 11) is 0. The number of amides is 1. The molecule has 1 aromatic carbocycles. The van der Waals surface area contributed by atoms with Gasteiger partial charge < -0.3 is 19.9 Å². The number of carbonyl (C=O) groups excluding carboxylic acids is 1. The van der Waals surface area contributed by atoms with Gasteiger partial charge in [0.25, 0.3) is 5.91 Å². The van der Waals surface area contributed by atoms with Gasteiger partial charge in [0.05, 0.1) is 11.9 Å². The maximum absolute atomic E-state index is 12.8. The zero-order chi connectivity index (χ0) is 20.6.